The summed E-state index contributed by atoms with van der Waals surface area (Å²) in [5.74, 6) is -1.28. The summed E-state index contributed by atoms with van der Waals surface area (Å²) >= 11 is 0. The number of amides is 2. The number of Topliss-reactive ketones (excluding diaryl/α,β-unsaturated/α-hetero) is 1. The van der Waals surface area contributed by atoms with Crippen LogP contribution in [0.4, 0.5) is 5.69 Å². The number of anilines is 1. The molecule has 4 aliphatic rings. The summed E-state index contributed by atoms with van der Waals surface area (Å²) in [5.41, 5.74) is 1.51. The van der Waals surface area contributed by atoms with Gasteiger partial charge in [0.15, 0.2) is 17.3 Å². The molecule has 2 fully saturated rings. The average molecular weight is 445 g/mol. The molecule has 0 aliphatic carbocycles. The van der Waals surface area contributed by atoms with E-state index in [9.17, 15) is 14.4 Å². The van der Waals surface area contributed by atoms with Crippen LogP contribution < -0.4 is 14.4 Å². The van der Waals surface area contributed by atoms with Gasteiger partial charge in [-0.15, -0.1) is 0 Å². The molecule has 8 nitrogen and oxygen atoms in total. The molecular formula is C25H23N3O5. The molecule has 4 heterocycles. The predicted octanol–water partition coefficient (Wildman–Crippen LogP) is 2.91. The third-order valence-corrected chi connectivity index (χ3v) is 6.92. The fourth-order valence-electron chi connectivity index (χ4n) is 5.39. The zero-order chi connectivity index (χ0) is 23.1. The number of fused-ring (bicyclic) bond motifs is 6. The number of ether oxygens (including phenoxy) is 2. The normalized spacial score (nSPS) is 27.0. The van der Waals surface area contributed by atoms with Gasteiger partial charge in [0.05, 0.1) is 29.8 Å². The lowest BCUT2D eigenvalue weighted by molar-refractivity contribution is -0.136. The maximum absolute atomic E-state index is 13.8. The second kappa shape index (κ2) is 6.66. The van der Waals surface area contributed by atoms with E-state index < -0.39 is 29.3 Å². The number of nitrogens with zero attached hydrogens (tertiary/aromatic N) is 3. The molecule has 0 bridgehead atoms. The second-order valence-electron chi connectivity index (χ2n) is 9.86. The van der Waals surface area contributed by atoms with Crippen LogP contribution in [0.15, 0.2) is 47.6 Å². The summed E-state index contributed by atoms with van der Waals surface area (Å²) < 4.78 is 10.8. The Bertz CT molecular complexity index is 1250. The number of hydrazone groups is 1. The monoisotopic (exact) mass is 445 g/mol. The fraction of sp³-hybridized carbons (Fsp3) is 0.360. The van der Waals surface area contributed by atoms with Crippen molar-refractivity contribution in [3.63, 3.8) is 0 Å². The SMILES string of the molecule is CC(C)(C)C(=O)C1C2C(=O)N(c3ccc4c(c3)OCO4)C(=O)C2C2c3ccccc3C=NN12. The van der Waals surface area contributed by atoms with E-state index in [4.69, 9.17) is 9.47 Å². The van der Waals surface area contributed by atoms with E-state index in [1.807, 2.05) is 45.0 Å². The maximum Gasteiger partial charge on any atom is 0.240 e. The summed E-state index contributed by atoms with van der Waals surface area (Å²) in [6.45, 7) is 5.59. The van der Waals surface area contributed by atoms with Gasteiger partial charge in [0.1, 0.15) is 6.04 Å². The fourth-order valence-corrected chi connectivity index (χ4v) is 5.39. The first kappa shape index (κ1) is 20.0. The van der Waals surface area contributed by atoms with E-state index in [1.165, 1.54) is 4.90 Å². The Kier molecular flexibility index (Phi) is 4.03. The van der Waals surface area contributed by atoms with Crippen molar-refractivity contribution in [2.45, 2.75) is 32.9 Å². The highest BCUT2D eigenvalue weighted by atomic mass is 16.7. The topological polar surface area (TPSA) is 88.5 Å². The molecule has 2 saturated heterocycles. The summed E-state index contributed by atoms with van der Waals surface area (Å²) in [7, 11) is 0. The van der Waals surface area contributed by atoms with Crippen molar-refractivity contribution in [3.8, 4) is 11.5 Å². The highest BCUT2D eigenvalue weighted by molar-refractivity contribution is 6.24. The van der Waals surface area contributed by atoms with Crippen LogP contribution in [0.5, 0.6) is 11.5 Å². The molecule has 0 N–H and O–H groups in total. The Morgan fingerprint density at radius 1 is 1.00 bits per heavy atom. The Morgan fingerprint density at radius 3 is 2.52 bits per heavy atom. The smallest absolute Gasteiger partial charge is 0.240 e. The van der Waals surface area contributed by atoms with Crippen LogP contribution in [0.3, 0.4) is 0 Å². The lowest BCUT2D eigenvalue weighted by Gasteiger charge is -2.35. The zero-order valence-corrected chi connectivity index (χ0v) is 18.5. The Hall–Kier alpha value is -3.68. The minimum atomic E-state index is -0.819. The Morgan fingerprint density at radius 2 is 1.73 bits per heavy atom. The lowest BCUT2D eigenvalue weighted by atomic mass is 9.79. The average Bonchev–Trinajstić information content (AvgIpc) is 3.45. The van der Waals surface area contributed by atoms with Crippen LogP contribution in [0.25, 0.3) is 0 Å². The maximum atomic E-state index is 13.8. The van der Waals surface area contributed by atoms with E-state index in [1.54, 1.807) is 29.4 Å². The van der Waals surface area contributed by atoms with Crippen molar-refractivity contribution in [1.29, 1.82) is 0 Å². The molecule has 0 radical (unpaired) electrons. The Balaban J connectivity index is 1.49. The number of carbonyl (C=O) groups is 3. The van der Waals surface area contributed by atoms with Gasteiger partial charge in [0.25, 0.3) is 0 Å². The van der Waals surface area contributed by atoms with Gasteiger partial charge < -0.3 is 9.47 Å². The molecule has 0 spiro atoms. The molecule has 168 valence electrons. The van der Waals surface area contributed by atoms with Crippen molar-refractivity contribution in [3.05, 3.63) is 53.6 Å². The third kappa shape index (κ3) is 2.70. The van der Waals surface area contributed by atoms with Crippen LogP contribution in [-0.2, 0) is 14.4 Å². The van der Waals surface area contributed by atoms with Gasteiger partial charge in [0.2, 0.25) is 18.6 Å². The zero-order valence-electron chi connectivity index (χ0n) is 18.5. The van der Waals surface area contributed by atoms with Gasteiger partial charge in [-0.3, -0.25) is 19.4 Å². The summed E-state index contributed by atoms with van der Waals surface area (Å²) in [6.07, 6.45) is 1.71. The van der Waals surface area contributed by atoms with Crippen LogP contribution in [-0.4, -0.2) is 41.7 Å². The number of carbonyl (C=O) groups excluding carboxylic acids is 3. The summed E-state index contributed by atoms with van der Waals surface area (Å²) in [4.78, 5) is 42.4. The highest BCUT2D eigenvalue weighted by Gasteiger charge is 2.66. The molecule has 2 amide bonds. The van der Waals surface area contributed by atoms with E-state index in [2.05, 4.69) is 5.10 Å². The first-order valence-corrected chi connectivity index (χ1v) is 11.0. The first-order valence-electron chi connectivity index (χ1n) is 11.0. The van der Waals surface area contributed by atoms with Gasteiger partial charge >= 0.3 is 0 Å². The molecule has 4 atom stereocenters. The van der Waals surface area contributed by atoms with E-state index in [0.717, 1.165) is 11.1 Å². The lowest BCUT2D eigenvalue weighted by Crippen LogP contribution is -2.48. The van der Waals surface area contributed by atoms with Gasteiger partial charge in [-0.2, -0.15) is 5.10 Å². The van der Waals surface area contributed by atoms with E-state index >= 15 is 0 Å². The molecule has 4 unspecified atom stereocenters. The quantitative estimate of drug-likeness (QED) is 0.661. The summed E-state index contributed by atoms with van der Waals surface area (Å²) in [5, 5.41) is 6.27. The van der Waals surface area contributed by atoms with Gasteiger partial charge in [-0.05, 0) is 23.3 Å². The first-order chi connectivity index (χ1) is 15.8. The van der Waals surface area contributed by atoms with Crippen LogP contribution in [0, 0.1) is 17.3 Å². The van der Waals surface area contributed by atoms with Crippen molar-refractivity contribution in [2.75, 3.05) is 11.7 Å². The van der Waals surface area contributed by atoms with Crippen LogP contribution in [0.1, 0.15) is 37.9 Å². The van der Waals surface area contributed by atoms with Gasteiger partial charge in [-0.25, -0.2) is 4.90 Å². The number of benzene rings is 2. The molecule has 4 aliphatic heterocycles. The third-order valence-electron chi connectivity index (χ3n) is 6.92. The highest BCUT2D eigenvalue weighted by Crippen LogP contribution is 2.54. The minimum Gasteiger partial charge on any atom is -0.454 e. The molecule has 0 saturated carbocycles. The van der Waals surface area contributed by atoms with Crippen molar-refractivity contribution in [1.82, 2.24) is 5.01 Å². The van der Waals surface area contributed by atoms with Crippen LogP contribution in [0.2, 0.25) is 0 Å². The van der Waals surface area contributed by atoms with Crippen molar-refractivity contribution < 1.29 is 23.9 Å². The molecule has 2 aromatic rings. The number of hydrogen-bond donors (Lipinski definition) is 0. The predicted molar refractivity (Wildman–Crippen MR) is 119 cm³/mol. The van der Waals surface area contributed by atoms with Crippen LogP contribution >= 0.6 is 0 Å². The molecule has 0 aromatic heterocycles. The number of imide groups is 1. The van der Waals surface area contributed by atoms with Crippen molar-refractivity contribution in [2.24, 2.45) is 22.4 Å². The molecule has 6 rings (SSSR count). The standard InChI is InChI=1S/C25H23N3O5/c1-25(2,3)22(29)21-19-18(20-15-7-5-4-6-13(15)11-26-28(20)21)23(30)27(24(19)31)14-8-9-16-17(10-14)33-12-32-16/h4-11,18-21H,12H2,1-3H3. The number of ketones is 1. The molecule has 33 heavy (non-hydrogen) atoms. The van der Waals surface area contributed by atoms with Gasteiger partial charge in [-0.1, -0.05) is 45.0 Å². The van der Waals surface area contributed by atoms with E-state index in [0.29, 0.717) is 17.2 Å². The molecule has 2 aromatic carbocycles. The Labute approximate surface area is 190 Å². The summed E-state index contributed by atoms with van der Waals surface area (Å²) in [6, 6.07) is 11.4. The number of rotatable bonds is 2. The number of hydrogen-bond acceptors (Lipinski definition) is 7. The molecule has 8 heteroatoms. The minimum absolute atomic E-state index is 0.0971. The van der Waals surface area contributed by atoms with E-state index in [-0.39, 0.29) is 24.4 Å². The van der Waals surface area contributed by atoms with Crippen molar-refractivity contribution >= 4 is 29.5 Å². The van der Waals surface area contributed by atoms with Gasteiger partial charge in [0, 0.05) is 11.5 Å². The second-order valence-corrected chi connectivity index (χ2v) is 9.86. The molecular weight excluding hydrogens is 422 g/mol. The largest absolute Gasteiger partial charge is 0.454 e.